The molecule has 0 fully saturated rings. The number of hydrogen-bond donors (Lipinski definition) is 0. The van der Waals surface area contributed by atoms with Crippen molar-refractivity contribution in [2.45, 2.75) is 60.9 Å². The topological polar surface area (TPSA) is 0 Å². The van der Waals surface area contributed by atoms with Gasteiger partial charge >= 0.3 is 381 Å². The fourth-order valence-electron chi connectivity index (χ4n) is 11.0. The average molecular weight is 897 g/mol. The van der Waals surface area contributed by atoms with E-state index in [2.05, 4.69) is 223 Å². The van der Waals surface area contributed by atoms with Crippen molar-refractivity contribution in [1.82, 2.24) is 0 Å². The van der Waals surface area contributed by atoms with Gasteiger partial charge in [0.05, 0.1) is 0 Å². The number of rotatable bonds is 11. The molecule has 8 aromatic rings. The summed E-state index contributed by atoms with van der Waals surface area (Å²) in [6, 6.07) is 64.4. The van der Waals surface area contributed by atoms with Crippen LogP contribution >= 0.6 is 0 Å². The van der Waals surface area contributed by atoms with Gasteiger partial charge in [-0.15, -0.1) is 0 Å². The third kappa shape index (κ3) is 6.99. The van der Waals surface area contributed by atoms with Gasteiger partial charge < -0.3 is 0 Å². The fourth-order valence-corrected chi connectivity index (χ4v) is 34.1. The van der Waals surface area contributed by atoms with Crippen molar-refractivity contribution in [3.63, 3.8) is 0 Å². The van der Waals surface area contributed by atoms with Gasteiger partial charge in [0.25, 0.3) is 0 Å². The molecule has 0 aliphatic heterocycles. The van der Waals surface area contributed by atoms with E-state index in [1.807, 2.05) is 0 Å². The molecule has 0 radical (unpaired) electrons. The summed E-state index contributed by atoms with van der Waals surface area (Å²) in [5.41, 5.74) is 20.4. The van der Waals surface area contributed by atoms with E-state index in [0.29, 0.717) is 19.1 Å². The quantitative estimate of drug-likeness (QED) is 0.114. The monoisotopic (exact) mass is 895 g/mol. The Morgan fingerprint density at radius 1 is 0.403 bits per heavy atom. The normalized spacial score (nSPS) is 16.6. The second-order valence-electron chi connectivity index (χ2n) is 18.2. The Labute approximate surface area is 378 Å². The molecule has 62 heavy (non-hydrogen) atoms. The van der Waals surface area contributed by atoms with Crippen LogP contribution in [0.3, 0.4) is 0 Å². The van der Waals surface area contributed by atoms with Gasteiger partial charge in [-0.3, -0.25) is 0 Å². The fraction of sp³-hybridized carbons (Fsp3) is 0.200. The Morgan fingerprint density at radius 2 is 0.726 bits per heavy atom. The Kier molecular flexibility index (Phi) is 11.3. The summed E-state index contributed by atoms with van der Waals surface area (Å²) in [6.45, 7) is 15.3. The zero-order valence-corrected chi connectivity index (χ0v) is 40.7. The number of allylic oxidation sites excluding steroid dienone is 2. The van der Waals surface area contributed by atoms with Crippen LogP contribution in [0.25, 0.3) is 78.2 Å². The van der Waals surface area contributed by atoms with Crippen molar-refractivity contribution >= 4 is 39.6 Å². The first-order chi connectivity index (χ1) is 30.4. The van der Waals surface area contributed by atoms with Crippen LogP contribution in [0.1, 0.15) is 70.0 Å². The molecule has 0 N–H and O–H groups in total. The molecule has 4 unspecified atom stereocenters. The molecule has 2 aliphatic carbocycles. The van der Waals surface area contributed by atoms with Crippen LogP contribution in [0.2, 0.25) is 13.1 Å². The Balaban J connectivity index is 1.14. The third-order valence-corrected chi connectivity index (χ3v) is 36.0. The second-order valence-corrected chi connectivity index (χ2v) is 38.3. The van der Waals surface area contributed by atoms with Gasteiger partial charge in [0.2, 0.25) is 0 Å². The van der Waals surface area contributed by atoms with E-state index in [1.54, 1.807) is 22.3 Å². The first kappa shape index (κ1) is 40.9. The zero-order valence-electron chi connectivity index (χ0n) is 37.1. The number of hydrogen-bond acceptors (Lipinski definition) is 0. The first-order valence-corrected chi connectivity index (χ1v) is 33.1. The third-order valence-electron chi connectivity index (χ3n) is 14.5. The summed E-state index contributed by atoms with van der Waals surface area (Å²) < 4.78 is 1.13. The molecule has 4 atom stereocenters. The minimum atomic E-state index is -2.45. The van der Waals surface area contributed by atoms with Crippen LogP contribution < -0.4 is 0 Å². The van der Waals surface area contributed by atoms with Gasteiger partial charge in [0.1, 0.15) is 0 Å². The molecular formula is C60H57SiZr. The molecule has 0 heterocycles. The van der Waals surface area contributed by atoms with Crippen molar-refractivity contribution in [3.05, 3.63) is 203 Å². The molecule has 0 nitrogen and oxygen atoms in total. The predicted molar refractivity (Wildman–Crippen MR) is 269 cm³/mol. The standard InChI is InChI=1S/2C29H25.C2H7Si.Zr/c2*1-3-20(2)23-18-22-12-9-17-28(29(22)19-23)27-15-7-6-14-26(27)25-16-8-11-21-10-4-5-13-24(21)25;1-3-2;/h2*4-20H,3H2,1-2H3;3H,1-2H3;. The predicted octanol–water partition coefficient (Wildman–Crippen LogP) is 16.9. The van der Waals surface area contributed by atoms with Crippen LogP contribution in [-0.4, -0.2) is 5.92 Å². The molecule has 2 heteroatoms. The van der Waals surface area contributed by atoms with Crippen molar-refractivity contribution in [3.8, 4) is 44.5 Å². The average Bonchev–Trinajstić information content (AvgIpc) is 3.90. The minimum absolute atomic E-state index is 0.535. The van der Waals surface area contributed by atoms with Crippen LogP contribution in [0.15, 0.2) is 181 Å². The molecule has 0 saturated carbocycles. The van der Waals surface area contributed by atoms with Crippen molar-refractivity contribution in [2.75, 3.05) is 0 Å². The second kappa shape index (κ2) is 17.2. The molecule has 0 spiro atoms. The summed E-state index contributed by atoms with van der Waals surface area (Å²) in [6.07, 6.45) is 7.75. The molecule has 0 amide bonds. The van der Waals surface area contributed by atoms with Crippen molar-refractivity contribution in [1.29, 1.82) is 0 Å². The molecule has 10 rings (SSSR count). The van der Waals surface area contributed by atoms with Crippen LogP contribution in [-0.2, 0) is 20.9 Å². The van der Waals surface area contributed by atoms with E-state index >= 15 is 0 Å². The number of fused-ring (bicyclic) bond motifs is 4. The van der Waals surface area contributed by atoms with E-state index in [0.717, 1.165) is 0 Å². The van der Waals surface area contributed by atoms with E-state index in [4.69, 9.17) is 0 Å². The van der Waals surface area contributed by atoms with Gasteiger partial charge in [-0.05, 0) is 0 Å². The molecule has 0 bridgehead atoms. The van der Waals surface area contributed by atoms with E-state index in [9.17, 15) is 0 Å². The van der Waals surface area contributed by atoms with Crippen LogP contribution in [0.5, 0.6) is 0 Å². The molecule has 305 valence electrons. The van der Waals surface area contributed by atoms with Gasteiger partial charge in [-0.25, -0.2) is 0 Å². The van der Waals surface area contributed by atoms with Gasteiger partial charge in [0, 0.05) is 0 Å². The van der Waals surface area contributed by atoms with Crippen molar-refractivity contribution in [2.24, 2.45) is 11.8 Å². The van der Waals surface area contributed by atoms with Crippen molar-refractivity contribution < 1.29 is 20.9 Å². The first-order valence-electron chi connectivity index (χ1n) is 23.1. The maximum absolute atomic E-state index is 2.73. The summed E-state index contributed by atoms with van der Waals surface area (Å²) in [5.74, 6) is -0.0593. The van der Waals surface area contributed by atoms with Crippen LogP contribution in [0.4, 0.5) is 0 Å². The molecule has 0 aromatic heterocycles. The van der Waals surface area contributed by atoms with Gasteiger partial charge in [-0.1, -0.05) is 0 Å². The van der Waals surface area contributed by atoms with Gasteiger partial charge in [0.15, 0.2) is 0 Å². The SMILES string of the molecule is CCC(C)C1=Cc2c(-c3ccccc3-c3cccc4ccccc34)cccc2[CH]1[Zr]([CH]1C(C(C)CC)=Cc2c(-c3ccccc3-c3cccc4ccccc34)cccc21)[SiH](C)C. The Morgan fingerprint density at radius 3 is 1.13 bits per heavy atom. The molecule has 2 aliphatic rings. The van der Waals surface area contributed by atoms with E-state index < -0.39 is 26.8 Å². The summed E-state index contributed by atoms with van der Waals surface area (Å²) in [4.78, 5) is 0. The summed E-state index contributed by atoms with van der Waals surface area (Å²) >= 11 is -2.45. The Hall–Kier alpha value is -5.14. The molecular weight excluding hydrogens is 840 g/mol. The Bertz CT molecular complexity index is 2830. The molecule has 8 aromatic carbocycles. The maximum atomic E-state index is 2.73. The number of benzene rings is 8. The van der Waals surface area contributed by atoms with E-state index in [-0.39, 0.29) is 0 Å². The zero-order chi connectivity index (χ0) is 42.5. The van der Waals surface area contributed by atoms with Gasteiger partial charge in [-0.2, -0.15) is 0 Å². The summed E-state index contributed by atoms with van der Waals surface area (Å²) in [5, 5.41) is 5.21. The molecule has 0 saturated heterocycles. The summed E-state index contributed by atoms with van der Waals surface area (Å²) in [7, 11) is 0. The van der Waals surface area contributed by atoms with Crippen LogP contribution in [0, 0.1) is 11.8 Å². The van der Waals surface area contributed by atoms with E-state index in [1.165, 1.54) is 90.0 Å².